The Labute approximate surface area is 353 Å². The van der Waals surface area contributed by atoms with Crippen LogP contribution >= 0.6 is 0 Å². The van der Waals surface area contributed by atoms with E-state index in [1.165, 1.54) is 59.7 Å². The summed E-state index contributed by atoms with van der Waals surface area (Å²) in [6, 6.07) is 80.5. The van der Waals surface area contributed by atoms with Crippen LogP contribution in [0.15, 0.2) is 224 Å². The van der Waals surface area contributed by atoms with Crippen LogP contribution in [-0.4, -0.2) is 14.5 Å². The molecule has 0 atom stereocenters. The summed E-state index contributed by atoms with van der Waals surface area (Å²) in [4.78, 5) is 10.6. The SMILES string of the molecule is c1ccc(-c2nc(-c3cccc(-c4c5ccccc5cc5c4ccc4ccccc45)c3)cc(-c3ccccc3-c3ccc4c(c3)c3ccccc3n4-c3ccccc3)n2)cc1. The predicted octanol–water partition coefficient (Wildman–Crippen LogP) is 15.4. The lowest BCUT2D eigenvalue weighted by Gasteiger charge is -2.16. The van der Waals surface area contributed by atoms with Crippen LogP contribution in [0.3, 0.4) is 0 Å². The number of para-hydroxylation sites is 2. The number of rotatable bonds is 6. The number of benzene rings is 10. The Bertz CT molecular complexity index is 3640. The van der Waals surface area contributed by atoms with Crippen LogP contribution in [0.25, 0.3) is 116 Å². The Morgan fingerprint density at radius 1 is 0.295 bits per heavy atom. The highest BCUT2D eigenvalue weighted by Gasteiger charge is 2.18. The summed E-state index contributed by atoms with van der Waals surface area (Å²) in [5.74, 6) is 0.691. The summed E-state index contributed by atoms with van der Waals surface area (Å²) in [5, 5.41) is 9.89. The normalized spacial score (nSPS) is 11.6. The molecule has 0 radical (unpaired) electrons. The first-order valence-corrected chi connectivity index (χ1v) is 20.8. The van der Waals surface area contributed by atoms with Crippen molar-refractivity contribution in [1.82, 2.24) is 14.5 Å². The van der Waals surface area contributed by atoms with Gasteiger partial charge in [-0.15, -0.1) is 0 Å². The monoisotopic (exact) mass is 775 g/mol. The van der Waals surface area contributed by atoms with Crippen molar-refractivity contribution in [1.29, 1.82) is 0 Å². The minimum atomic E-state index is 0.691. The fourth-order valence-corrected chi connectivity index (χ4v) is 9.37. The first kappa shape index (κ1) is 34.9. The van der Waals surface area contributed by atoms with Gasteiger partial charge in [0.1, 0.15) is 0 Å². The topological polar surface area (TPSA) is 30.7 Å². The second kappa shape index (κ2) is 14.3. The Kier molecular flexibility index (Phi) is 8.17. The van der Waals surface area contributed by atoms with E-state index in [-0.39, 0.29) is 0 Å². The van der Waals surface area contributed by atoms with Gasteiger partial charge >= 0.3 is 0 Å². The number of fused-ring (bicyclic) bond motifs is 7. The Morgan fingerprint density at radius 2 is 0.934 bits per heavy atom. The van der Waals surface area contributed by atoms with Gasteiger partial charge in [-0.3, -0.25) is 0 Å². The van der Waals surface area contributed by atoms with Crippen LogP contribution in [0.2, 0.25) is 0 Å². The van der Waals surface area contributed by atoms with Gasteiger partial charge in [0.25, 0.3) is 0 Å². The summed E-state index contributed by atoms with van der Waals surface area (Å²) in [7, 11) is 0. The van der Waals surface area contributed by atoms with Crippen LogP contribution in [0.5, 0.6) is 0 Å². The largest absolute Gasteiger partial charge is 0.309 e. The number of hydrogen-bond donors (Lipinski definition) is 0. The van der Waals surface area contributed by atoms with Crippen molar-refractivity contribution in [2.75, 3.05) is 0 Å². The van der Waals surface area contributed by atoms with Gasteiger partial charge in [0.15, 0.2) is 5.82 Å². The molecule has 0 aliphatic carbocycles. The fourth-order valence-electron chi connectivity index (χ4n) is 9.37. The smallest absolute Gasteiger partial charge is 0.160 e. The second-order valence-corrected chi connectivity index (χ2v) is 15.7. The molecule has 2 aromatic heterocycles. The molecule has 12 aromatic rings. The third kappa shape index (κ3) is 5.90. The van der Waals surface area contributed by atoms with Crippen LogP contribution in [-0.2, 0) is 0 Å². The molecule has 0 saturated heterocycles. The average molecular weight is 776 g/mol. The lowest BCUT2D eigenvalue weighted by atomic mass is 9.89. The van der Waals surface area contributed by atoms with E-state index in [2.05, 4.69) is 223 Å². The highest BCUT2D eigenvalue weighted by atomic mass is 15.0. The van der Waals surface area contributed by atoms with Gasteiger partial charge in [-0.05, 0) is 103 Å². The van der Waals surface area contributed by atoms with Gasteiger partial charge in [-0.1, -0.05) is 176 Å². The first-order chi connectivity index (χ1) is 30.2. The molecule has 284 valence electrons. The molecule has 3 nitrogen and oxygen atoms in total. The molecule has 0 aliphatic rings. The number of hydrogen-bond acceptors (Lipinski definition) is 2. The highest BCUT2D eigenvalue weighted by Crippen LogP contribution is 2.42. The van der Waals surface area contributed by atoms with Crippen molar-refractivity contribution in [3.05, 3.63) is 224 Å². The zero-order valence-corrected chi connectivity index (χ0v) is 33.2. The van der Waals surface area contributed by atoms with E-state index in [0.717, 1.165) is 50.5 Å². The maximum atomic E-state index is 5.32. The van der Waals surface area contributed by atoms with Gasteiger partial charge < -0.3 is 4.57 Å². The van der Waals surface area contributed by atoms with Gasteiger partial charge in [0.2, 0.25) is 0 Å². The molecular formula is C58H37N3. The molecule has 3 heteroatoms. The minimum Gasteiger partial charge on any atom is -0.309 e. The Balaban J connectivity index is 1.04. The van der Waals surface area contributed by atoms with Gasteiger partial charge in [-0.25, -0.2) is 9.97 Å². The zero-order valence-electron chi connectivity index (χ0n) is 33.2. The molecule has 0 fully saturated rings. The third-order valence-corrected chi connectivity index (χ3v) is 12.2. The molecule has 0 spiro atoms. The van der Waals surface area contributed by atoms with E-state index < -0.39 is 0 Å². The summed E-state index contributed by atoms with van der Waals surface area (Å²) >= 11 is 0. The Hall–Kier alpha value is -8.14. The summed E-state index contributed by atoms with van der Waals surface area (Å²) < 4.78 is 2.36. The van der Waals surface area contributed by atoms with Gasteiger partial charge in [0.05, 0.1) is 22.4 Å². The van der Waals surface area contributed by atoms with Crippen LogP contribution in [0.4, 0.5) is 0 Å². The number of nitrogens with zero attached hydrogens (tertiary/aromatic N) is 3. The molecule has 0 unspecified atom stereocenters. The van der Waals surface area contributed by atoms with E-state index in [0.29, 0.717) is 5.82 Å². The predicted molar refractivity (Wildman–Crippen MR) is 256 cm³/mol. The summed E-state index contributed by atoms with van der Waals surface area (Å²) in [6.07, 6.45) is 0. The second-order valence-electron chi connectivity index (χ2n) is 15.7. The van der Waals surface area contributed by atoms with Crippen molar-refractivity contribution < 1.29 is 0 Å². The molecular weight excluding hydrogens is 739 g/mol. The maximum absolute atomic E-state index is 5.32. The molecule has 12 rings (SSSR count). The van der Waals surface area contributed by atoms with Crippen molar-refractivity contribution in [2.24, 2.45) is 0 Å². The van der Waals surface area contributed by atoms with Crippen molar-refractivity contribution in [2.45, 2.75) is 0 Å². The molecule has 10 aromatic carbocycles. The molecule has 0 saturated carbocycles. The molecule has 2 heterocycles. The highest BCUT2D eigenvalue weighted by molar-refractivity contribution is 6.20. The van der Waals surface area contributed by atoms with Gasteiger partial charge in [-0.2, -0.15) is 0 Å². The minimum absolute atomic E-state index is 0.691. The van der Waals surface area contributed by atoms with E-state index in [9.17, 15) is 0 Å². The van der Waals surface area contributed by atoms with Crippen molar-refractivity contribution >= 4 is 54.1 Å². The molecule has 0 aliphatic heterocycles. The fraction of sp³-hybridized carbons (Fsp3) is 0. The third-order valence-electron chi connectivity index (χ3n) is 12.2. The average Bonchev–Trinajstić information content (AvgIpc) is 3.67. The van der Waals surface area contributed by atoms with Crippen LogP contribution in [0.1, 0.15) is 0 Å². The summed E-state index contributed by atoms with van der Waals surface area (Å²) in [6.45, 7) is 0. The van der Waals surface area contributed by atoms with Crippen LogP contribution < -0.4 is 0 Å². The standard InChI is InChI=1S/C58H37N3/c1-3-17-39(18-4-1)58-59-53(42-20-15-21-43(34-42)57-47-26-10-8-19-40(47)35-51-45-24-9-7-16-38(45)30-32-50(51)57)37-54(60-58)48-27-12-11-25-46(48)41-31-33-56-52(36-41)49-28-13-14-29-55(49)61(56)44-22-5-2-6-23-44/h1-37H. The Morgan fingerprint density at radius 3 is 1.79 bits per heavy atom. The molecule has 0 amide bonds. The molecule has 0 bridgehead atoms. The van der Waals surface area contributed by atoms with E-state index in [4.69, 9.17) is 9.97 Å². The van der Waals surface area contributed by atoms with E-state index in [1.54, 1.807) is 0 Å². The van der Waals surface area contributed by atoms with E-state index in [1.807, 2.05) is 6.07 Å². The lowest BCUT2D eigenvalue weighted by Crippen LogP contribution is -1.97. The number of aromatic nitrogens is 3. The van der Waals surface area contributed by atoms with E-state index >= 15 is 0 Å². The van der Waals surface area contributed by atoms with Crippen LogP contribution in [0, 0.1) is 0 Å². The summed E-state index contributed by atoms with van der Waals surface area (Å²) in [5.41, 5.74) is 13.0. The quantitative estimate of drug-likeness (QED) is 0.124. The molecule has 0 N–H and O–H groups in total. The van der Waals surface area contributed by atoms with Crippen molar-refractivity contribution in [3.8, 4) is 61.8 Å². The molecule has 61 heavy (non-hydrogen) atoms. The maximum Gasteiger partial charge on any atom is 0.160 e. The van der Waals surface area contributed by atoms with Crippen molar-refractivity contribution in [3.63, 3.8) is 0 Å². The van der Waals surface area contributed by atoms with Gasteiger partial charge in [0, 0.05) is 33.2 Å². The lowest BCUT2D eigenvalue weighted by molar-refractivity contribution is 1.18. The zero-order chi connectivity index (χ0) is 40.3. The first-order valence-electron chi connectivity index (χ1n) is 20.8.